The molecule has 0 saturated carbocycles. The van der Waals surface area contributed by atoms with Crippen molar-refractivity contribution in [2.75, 3.05) is 19.0 Å². The Hall–Kier alpha value is -0.510. The van der Waals surface area contributed by atoms with E-state index >= 15 is 0 Å². The van der Waals surface area contributed by atoms with Crippen molar-refractivity contribution in [1.82, 2.24) is 4.90 Å². The van der Waals surface area contributed by atoms with E-state index in [0.29, 0.717) is 0 Å². The van der Waals surface area contributed by atoms with Gasteiger partial charge in [-0.15, -0.1) is 12.4 Å². The van der Waals surface area contributed by atoms with Gasteiger partial charge in [0.1, 0.15) is 0 Å². The molecule has 0 unspecified atom stereocenters. The average molecular weight is 272 g/mol. The van der Waals surface area contributed by atoms with Gasteiger partial charge in [-0.2, -0.15) is 0 Å². The molecule has 0 bridgehead atoms. The Morgan fingerprint density at radius 1 is 1.12 bits per heavy atom. The maximum Gasteiger partial charge on any atom is 0.220 e. The third kappa shape index (κ3) is 4.70. The first-order valence-electron chi connectivity index (χ1n) is 5.81. The van der Waals surface area contributed by atoms with E-state index in [2.05, 4.69) is 4.90 Å². The first-order valence-corrected chi connectivity index (χ1v) is 6.79. The van der Waals surface area contributed by atoms with Gasteiger partial charge in [-0.1, -0.05) is 48.5 Å². The number of rotatable bonds is 3. The van der Waals surface area contributed by atoms with Crippen LogP contribution in [0, 0.1) is 0 Å². The van der Waals surface area contributed by atoms with Crippen LogP contribution in [0.4, 0.5) is 0 Å². The smallest absolute Gasteiger partial charge is 0.220 e. The second-order valence-electron chi connectivity index (χ2n) is 4.11. The molecule has 2 nitrogen and oxygen atoms in total. The third-order valence-electron chi connectivity index (χ3n) is 2.84. The van der Waals surface area contributed by atoms with E-state index < -0.39 is 0 Å². The quantitative estimate of drug-likeness (QED) is 0.840. The fraction of sp³-hybridized carbons (Fsp3) is 0.462. The Balaban J connectivity index is 0.00000144. The van der Waals surface area contributed by atoms with E-state index in [-0.39, 0.29) is 17.5 Å². The highest BCUT2D eigenvalue weighted by atomic mass is 35.5. The molecule has 0 amide bonds. The molecule has 1 aliphatic heterocycles. The SMILES string of the molecule is Cl.O=C(SCN1CCCCC1)c1ccccc1. The predicted molar refractivity (Wildman–Crippen MR) is 75.9 cm³/mol. The number of nitrogens with zero attached hydrogens (tertiary/aromatic N) is 1. The highest BCUT2D eigenvalue weighted by Crippen LogP contribution is 2.16. The number of hydrogen-bond donors (Lipinski definition) is 0. The summed E-state index contributed by atoms with van der Waals surface area (Å²) in [6, 6.07) is 9.52. The molecule has 0 radical (unpaired) electrons. The Morgan fingerprint density at radius 2 is 1.76 bits per heavy atom. The topological polar surface area (TPSA) is 20.3 Å². The molecule has 1 aliphatic rings. The van der Waals surface area contributed by atoms with Gasteiger partial charge in [-0.05, 0) is 25.9 Å². The van der Waals surface area contributed by atoms with Crippen LogP contribution in [0.25, 0.3) is 0 Å². The number of benzene rings is 1. The maximum atomic E-state index is 11.8. The number of piperidine rings is 1. The molecule has 1 aromatic rings. The summed E-state index contributed by atoms with van der Waals surface area (Å²) >= 11 is 1.42. The van der Waals surface area contributed by atoms with E-state index in [1.54, 1.807) is 0 Å². The summed E-state index contributed by atoms with van der Waals surface area (Å²) in [5.41, 5.74) is 0.810. The van der Waals surface area contributed by atoms with Crippen molar-refractivity contribution in [2.45, 2.75) is 19.3 Å². The first-order chi connectivity index (χ1) is 7.86. The van der Waals surface area contributed by atoms with Crippen LogP contribution >= 0.6 is 24.2 Å². The molecule has 1 aromatic carbocycles. The van der Waals surface area contributed by atoms with Crippen molar-refractivity contribution in [3.05, 3.63) is 35.9 Å². The van der Waals surface area contributed by atoms with Gasteiger partial charge in [0.05, 0.1) is 5.88 Å². The largest absolute Gasteiger partial charge is 0.294 e. The lowest BCUT2D eigenvalue weighted by Crippen LogP contribution is -2.29. The summed E-state index contributed by atoms with van der Waals surface area (Å²) in [6.45, 7) is 2.30. The summed E-state index contributed by atoms with van der Waals surface area (Å²) in [7, 11) is 0. The Labute approximate surface area is 113 Å². The number of thioether (sulfide) groups is 1. The minimum absolute atomic E-state index is 0. The molecule has 1 saturated heterocycles. The molecule has 17 heavy (non-hydrogen) atoms. The average Bonchev–Trinajstić information content (AvgIpc) is 2.38. The fourth-order valence-corrected chi connectivity index (χ4v) is 2.76. The molecular formula is C13H18ClNOS. The Kier molecular flexibility index (Phi) is 6.63. The van der Waals surface area contributed by atoms with Gasteiger partial charge in [0.15, 0.2) is 0 Å². The zero-order valence-corrected chi connectivity index (χ0v) is 11.4. The van der Waals surface area contributed by atoms with Gasteiger partial charge >= 0.3 is 0 Å². The molecule has 2 rings (SSSR count). The number of carbonyl (C=O) groups excluding carboxylic acids is 1. The molecule has 0 aliphatic carbocycles. The summed E-state index contributed by atoms with van der Waals surface area (Å²) in [5, 5.41) is 0.186. The third-order valence-corrected chi connectivity index (χ3v) is 3.83. The molecule has 1 fully saturated rings. The van der Waals surface area contributed by atoms with E-state index in [1.807, 2.05) is 30.3 Å². The van der Waals surface area contributed by atoms with Crippen LogP contribution in [0.3, 0.4) is 0 Å². The highest BCUT2D eigenvalue weighted by molar-refractivity contribution is 8.14. The molecular weight excluding hydrogens is 254 g/mol. The van der Waals surface area contributed by atoms with Crippen molar-refractivity contribution >= 4 is 29.3 Å². The predicted octanol–water partition coefficient (Wildman–Crippen LogP) is 3.43. The first kappa shape index (κ1) is 14.6. The van der Waals surface area contributed by atoms with Crippen molar-refractivity contribution < 1.29 is 4.79 Å². The number of carbonyl (C=O) groups is 1. The standard InChI is InChI=1S/C13H17NOS.ClH/c15-13(12-7-3-1-4-8-12)16-11-14-9-5-2-6-10-14;/h1,3-4,7-8H,2,5-6,9-11H2;1H. The number of halogens is 1. The lowest BCUT2D eigenvalue weighted by Gasteiger charge is -2.25. The van der Waals surface area contributed by atoms with Crippen LogP contribution in [0.15, 0.2) is 30.3 Å². The molecule has 94 valence electrons. The van der Waals surface area contributed by atoms with Crippen molar-refractivity contribution in [1.29, 1.82) is 0 Å². The highest BCUT2D eigenvalue weighted by Gasteiger charge is 2.12. The van der Waals surface area contributed by atoms with Crippen LogP contribution in [0.1, 0.15) is 29.6 Å². The molecule has 0 atom stereocenters. The second kappa shape index (κ2) is 7.75. The van der Waals surface area contributed by atoms with Gasteiger partial charge in [-0.3, -0.25) is 9.69 Å². The van der Waals surface area contributed by atoms with Crippen molar-refractivity contribution in [3.63, 3.8) is 0 Å². The molecule has 0 aromatic heterocycles. The lowest BCUT2D eigenvalue weighted by molar-refractivity contribution is 0.108. The van der Waals surface area contributed by atoms with Gasteiger partial charge < -0.3 is 0 Å². The van der Waals surface area contributed by atoms with Gasteiger partial charge in [-0.25, -0.2) is 0 Å². The van der Waals surface area contributed by atoms with Gasteiger partial charge in [0, 0.05) is 5.56 Å². The maximum absolute atomic E-state index is 11.8. The number of likely N-dealkylation sites (tertiary alicyclic amines) is 1. The zero-order valence-electron chi connectivity index (χ0n) is 9.80. The van der Waals surface area contributed by atoms with E-state index in [1.165, 1.54) is 31.0 Å². The van der Waals surface area contributed by atoms with Crippen LogP contribution < -0.4 is 0 Å². The molecule has 0 N–H and O–H groups in total. The normalized spacial score (nSPS) is 16.2. The summed E-state index contributed by atoms with van der Waals surface area (Å²) in [6.07, 6.45) is 3.90. The van der Waals surface area contributed by atoms with Gasteiger partial charge in [0.2, 0.25) is 5.12 Å². The minimum atomic E-state index is 0. The Morgan fingerprint density at radius 3 is 2.41 bits per heavy atom. The van der Waals surface area contributed by atoms with Crippen LogP contribution in [0.2, 0.25) is 0 Å². The molecule has 4 heteroatoms. The van der Waals surface area contributed by atoms with E-state index in [9.17, 15) is 4.79 Å². The summed E-state index contributed by atoms with van der Waals surface area (Å²) in [4.78, 5) is 14.2. The monoisotopic (exact) mass is 271 g/mol. The van der Waals surface area contributed by atoms with E-state index in [4.69, 9.17) is 0 Å². The van der Waals surface area contributed by atoms with E-state index in [0.717, 1.165) is 24.5 Å². The minimum Gasteiger partial charge on any atom is -0.294 e. The zero-order chi connectivity index (χ0) is 11.2. The van der Waals surface area contributed by atoms with Crippen molar-refractivity contribution in [2.24, 2.45) is 0 Å². The van der Waals surface area contributed by atoms with Crippen LogP contribution in [0.5, 0.6) is 0 Å². The second-order valence-corrected chi connectivity index (χ2v) is 5.02. The Bertz CT molecular complexity index is 339. The van der Waals surface area contributed by atoms with Crippen LogP contribution in [-0.2, 0) is 0 Å². The fourth-order valence-electron chi connectivity index (χ4n) is 1.90. The van der Waals surface area contributed by atoms with Crippen molar-refractivity contribution in [3.8, 4) is 0 Å². The molecule has 1 heterocycles. The number of hydrogen-bond acceptors (Lipinski definition) is 3. The summed E-state index contributed by atoms with van der Waals surface area (Å²) < 4.78 is 0. The lowest BCUT2D eigenvalue weighted by atomic mass is 10.1. The summed E-state index contributed by atoms with van der Waals surface area (Å²) in [5.74, 6) is 0.841. The molecule has 0 spiro atoms. The van der Waals surface area contributed by atoms with Gasteiger partial charge in [0.25, 0.3) is 0 Å². The van der Waals surface area contributed by atoms with Crippen LogP contribution in [-0.4, -0.2) is 29.0 Å².